The molecule has 4 atom stereocenters. The number of nitrogens with one attached hydrogen (secondary N) is 1. The van der Waals surface area contributed by atoms with Gasteiger partial charge >= 0.3 is 6.09 Å². The minimum Gasteiger partial charge on any atom is -0.445 e. The third-order valence-corrected chi connectivity index (χ3v) is 5.31. The average Bonchev–Trinajstić information content (AvgIpc) is 3.01. The molecule has 27 heavy (non-hydrogen) atoms. The lowest BCUT2D eigenvalue weighted by molar-refractivity contribution is -0.136. The summed E-state index contributed by atoms with van der Waals surface area (Å²) in [5.41, 5.74) is 0.908. The van der Waals surface area contributed by atoms with Crippen molar-refractivity contribution >= 4 is 12.0 Å². The number of carbonyl (C=O) groups excluding carboxylic acids is 2. The molecular formula is C22H32N2O3. The molecule has 0 radical (unpaired) electrons. The highest BCUT2D eigenvalue weighted by Gasteiger charge is 2.38. The predicted molar refractivity (Wildman–Crippen MR) is 107 cm³/mol. The fraction of sp³-hybridized carbons (Fsp3) is 0.545. The zero-order chi connectivity index (χ0) is 19.8. The Kier molecular flexibility index (Phi) is 7.89. The number of ether oxygens (including phenoxy) is 1. The smallest absolute Gasteiger partial charge is 0.408 e. The van der Waals surface area contributed by atoms with E-state index < -0.39 is 12.1 Å². The van der Waals surface area contributed by atoms with E-state index in [0.717, 1.165) is 31.2 Å². The first-order valence-corrected chi connectivity index (χ1v) is 9.89. The van der Waals surface area contributed by atoms with E-state index >= 15 is 0 Å². The highest BCUT2D eigenvalue weighted by Crippen LogP contribution is 2.26. The minimum atomic E-state index is -0.645. The Balaban J connectivity index is 2.08. The van der Waals surface area contributed by atoms with Crippen molar-refractivity contribution in [1.29, 1.82) is 0 Å². The van der Waals surface area contributed by atoms with E-state index in [1.807, 2.05) is 35.2 Å². The molecule has 0 aromatic heterocycles. The summed E-state index contributed by atoms with van der Waals surface area (Å²) in [5.74, 6) is -0.158. The Bertz CT molecular complexity index is 622. The van der Waals surface area contributed by atoms with E-state index in [1.54, 1.807) is 6.08 Å². The summed E-state index contributed by atoms with van der Waals surface area (Å²) in [6.07, 6.45) is 4.88. The van der Waals surface area contributed by atoms with Gasteiger partial charge in [0.25, 0.3) is 0 Å². The lowest BCUT2D eigenvalue weighted by Gasteiger charge is -2.33. The third-order valence-electron chi connectivity index (χ3n) is 5.31. The van der Waals surface area contributed by atoms with Gasteiger partial charge < -0.3 is 15.0 Å². The van der Waals surface area contributed by atoms with Crippen molar-refractivity contribution in [1.82, 2.24) is 10.2 Å². The Labute approximate surface area is 162 Å². The van der Waals surface area contributed by atoms with Crippen LogP contribution in [0.2, 0.25) is 0 Å². The van der Waals surface area contributed by atoms with Crippen LogP contribution in [0, 0.1) is 5.92 Å². The standard InChI is InChI=1S/C22H32N2O3/c1-5-10-19(6-2)20(21(25)24-16(3)13-14-17(24)4)23-22(26)27-15-18-11-8-7-9-12-18/h6-9,11-12,16-17,19-20H,2,5,10,13-15H2,1,3-4H3,(H,23,26)/t16-,17-,19+,20-/m1/s1. The molecule has 5 heteroatoms. The summed E-state index contributed by atoms with van der Waals surface area (Å²) in [4.78, 5) is 27.6. The second-order valence-electron chi connectivity index (χ2n) is 7.39. The van der Waals surface area contributed by atoms with Crippen LogP contribution in [0.4, 0.5) is 4.79 Å². The molecule has 1 aliphatic heterocycles. The maximum absolute atomic E-state index is 13.3. The molecule has 148 valence electrons. The van der Waals surface area contributed by atoms with Crippen LogP contribution in [0.25, 0.3) is 0 Å². The third kappa shape index (κ3) is 5.59. The quantitative estimate of drug-likeness (QED) is 0.693. The van der Waals surface area contributed by atoms with Gasteiger partial charge in [-0.3, -0.25) is 4.79 Å². The van der Waals surface area contributed by atoms with Crippen molar-refractivity contribution in [2.75, 3.05) is 0 Å². The van der Waals surface area contributed by atoms with Gasteiger partial charge in [-0.1, -0.05) is 49.8 Å². The molecule has 0 saturated carbocycles. The molecular weight excluding hydrogens is 340 g/mol. The van der Waals surface area contributed by atoms with E-state index in [0.29, 0.717) is 0 Å². The lowest BCUT2D eigenvalue weighted by atomic mass is 9.93. The normalized spacial score (nSPS) is 21.4. The summed E-state index contributed by atoms with van der Waals surface area (Å²) in [7, 11) is 0. The number of amides is 2. The van der Waals surface area contributed by atoms with E-state index in [9.17, 15) is 9.59 Å². The molecule has 0 unspecified atom stereocenters. The summed E-state index contributed by atoms with van der Waals surface area (Å²) < 4.78 is 5.34. The molecule has 1 aromatic carbocycles. The Morgan fingerprint density at radius 2 is 1.89 bits per heavy atom. The van der Waals surface area contributed by atoms with Gasteiger partial charge in [0, 0.05) is 18.0 Å². The highest BCUT2D eigenvalue weighted by atomic mass is 16.5. The first-order chi connectivity index (χ1) is 13.0. The first-order valence-electron chi connectivity index (χ1n) is 9.89. The van der Waals surface area contributed by atoms with Crippen molar-refractivity contribution in [3.8, 4) is 0 Å². The molecule has 0 spiro atoms. The van der Waals surface area contributed by atoms with Crippen LogP contribution in [0.3, 0.4) is 0 Å². The average molecular weight is 373 g/mol. The minimum absolute atomic E-state index is 0.0393. The number of alkyl carbamates (subject to hydrolysis) is 1. The topological polar surface area (TPSA) is 58.6 Å². The van der Waals surface area contributed by atoms with Crippen LogP contribution >= 0.6 is 0 Å². The maximum Gasteiger partial charge on any atom is 0.408 e. The molecule has 1 heterocycles. The molecule has 0 aliphatic carbocycles. The van der Waals surface area contributed by atoms with Gasteiger partial charge in [-0.25, -0.2) is 4.79 Å². The molecule has 2 rings (SSSR count). The molecule has 1 fully saturated rings. The number of carbonyl (C=O) groups is 2. The van der Waals surface area contributed by atoms with Crippen LogP contribution < -0.4 is 5.32 Å². The molecule has 1 aliphatic rings. The van der Waals surface area contributed by atoms with Crippen molar-refractivity contribution in [3.63, 3.8) is 0 Å². The Morgan fingerprint density at radius 3 is 2.44 bits per heavy atom. The van der Waals surface area contributed by atoms with Gasteiger partial charge in [0.15, 0.2) is 0 Å². The first kappa shape index (κ1) is 21.0. The SMILES string of the molecule is C=C[C@@H](CCC)[C@@H](NC(=O)OCc1ccccc1)C(=O)N1[C@H](C)CC[C@H]1C. The summed E-state index contributed by atoms with van der Waals surface area (Å²) >= 11 is 0. The fourth-order valence-corrected chi connectivity index (χ4v) is 3.79. The summed E-state index contributed by atoms with van der Waals surface area (Å²) in [6, 6.07) is 9.22. The number of hydrogen-bond acceptors (Lipinski definition) is 3. The van der Waals surface area contributed by atoms with E-state index in [1.165, 1.54) is 0 Å². The van der Waals surface area contributed by atoms with Crippen molar-refractivity contribution < 1.29 is 14.3 Å². The van der Waals surface area contributed by atoms with Crippen molar-refractivity contribution in [3.05, 3.63) is 48.6 Å². The van der Waals surface area contributed by atoms with E-state index in [-0.39, 0.29) is 30.5 Å². The second kappa shape index (κ2) is 10.1. The lowest BCUT2D eigenvalue weighted by Crippen LogP contribution is -2.54. The molecule has 1 N–H and O–H groups in total. The number of benzene rings is 1. The van der Waals surface area contributed by atoms with E-state index in [4.69, 9.17) is 4.74 Å². The molecule has 2 amide bonds. The number of hydrogen-bond donors (Lipinski definition) is 1. The molecule has 1 aromatic rings. The van der Waals surface area contributed by atoms with Gasteiger partial charge in [-0.15, -0.1) is 6.58 Å². The van der Waals surface area contributed by atoms with Gasteiger partial charge in [-0.2, -0.15) is 0 Å². The van der Waals surface area contributed by atoms with Gasteiger partial charge in [0.05, 0.1) is 0 Å². The van der Waals surface area contributed by atoms with E-state index in [2.05, 4.69) is 32.7 Å². The highest BCUT2D eigenvalue weighted by molar-refractivity contribution is 5.87. The fourth-order valence-electron chi connectivity index (χ4n) is 3.79. The molecule has 1 saturated heterocycles. The zero-order valence-corrected chi connectivity index (χ0v) is 16.7. The molecule has 0 bridgehead atoms. The van der Waals surface area contributed by atoms with Crippen LogP contribution in [-0.4, -0.2) is 35.0 Å². The van der Waals surface area contributed by atoms with Gasteiger partial charge in [0.2, 0.25) is 5.91 Å². The zero-order valence-electron chi connectivity index (χ0n) is 16.7. The predicted octanol–water partition coefficient (Wildman–Crippen LogP) is 4.28. The summed E-state index contributed by atoms with van der Waals surface area (Å²) in [5, 5.41) is 2.82. The maximum atomic E-state index is 13.3. The van der Waals surface area contributed by atoms with Gasteiger partial charge in [-0.05, 0) is 38.7 Å². The van der Waals surface area contributed by atoms with Crippen LogP contribution in [0.1, 0.15) is 52.0 Å². The summed E-state index contributed by atoms with van der Waals surface area (Å²) in [6.45, 7) is 10.3. The largest absolute Gasteiger partial charge is 0.445 e. The van der Waals surface area contributed by atoms with Crippen LogP contribution in [-0.2, 0) is 16.1 Å². The number of likely N-dealkylation sites (tertiary alicyclic amines) is 1. The second-order valence-corrected chi connectivity index (χ2v) is 7.39. The number of nitrogens with zero attached hydrogens (tertiary/aromatic N) is 1. The van der Waals surface area contributed by atoms with Crippen LogP contribution in [0.15, 0.2) is 43.0 Å². The Hall–Kier alpha value is -2.30. The molecule has 5 nitrogen and oxygen atoms in total. The Morgan fingerprint density at radius 1 is 1.26 bits per heavy atom. The monoisotopic (exact) mass is 372 g/mol. The van der Waals surface area contributed by atoms with Crippen LogP contribution in [0.5, 0.6) is 0 Å². The van der Waals surface area contributed by atoms with Gasteiger partial charge in [0.1, 0.15) is 12.6 Å². The van der Waals surface area contributed by atoms with Crippen molar-refractivity contribution in [2.45, 2.75) is 71.2 Å². The number of rotatable bonds is 8. The van der Waals surface area contributed by atoms with Crippen molar-refractivity contribution in [2.24, 2.45) is 5.92 Å².